The van der Waals surface area contributed by atoms with Crippen molar-refractivity contribution in [3.05, 3.63) is 28.7 Å². The molecule has 5 heteroatoms. The first kappa shape index (κ1) is 16.7. The highest BCUT2D eigenvalue weighted by atomic mass is 79.9. The molecule has 0 aliphatic carbocycles. The summed E-state index contributed by atoms with van der Waals surface area (Å²) >= 11 is 3.38. The number of unbranched alkanes of at least 4 members (excludes halogenated alkanes) is 1. The van der Waals surface area contributed by atoms with E-state index in [1.165, 1.54) is 0 Å². The molecular weight excluding hydrogens is 320 g/mol. The Labute approximate surface area is 128 Å². The third-order valence-corrected chi connectivity index (χ3v) is 3.68. The van der Waals surface area contributed by atoms with E-state index in [0.29, 0.717) is 19.5 Å². The molecule has 1 N–H and O–H groups in total. The monoisotopic (exact) mass is 340 g/mol. The fourth-order valence-electron chi connectivity index (χ4n) is 1.79. The number of hydrogen-bond donors (Lipinski definition) is 1. The minimum absolute atomic E-state index is 0.0205. The highest BCUT2D eigenvalue weighted by Crippen LogP contribution is 2.21. The van der Waals surface area contributed by atoms with E-state index in [1.807, 2.05) is 24.3 Å². The van der Waals surface area contributed by atoms with Crippen molar-refractivity contribution in [1.29, 1.82) is 0 Å². The van der Waals surface area contributed by atoms with Crippen molar-refractivity contribution in [3.63, 3.8) is 0 Å². The standard InChI is InChI=1S/C15H21BrN2O2/c1-3-4-10-18(12(2)19)11-9-15(20)17-14-8-6-5-7-13(14)16/h5-8H,3-4,9-11H2,1-2H3,(H,17,20). The van der Waals surface area contributed by atoms with Gasteiger partial charge in [-0.3, -0.25) is 9.59 Å². The second kappa shape index (κ2) is 8.74. The summed E-state index contributed by atoms with van der Waals surface area (Å²) in [6, 6.07) is 7.46. The molecule has 0 spiro atoms. The van der Waals surface area contributed by atoms with Gasteiger partial charge in [0.25, 0.3) is 0 Å². The molecule has 0 fully saturated rings. The second-order valence-electron chi connectivity index (χ2n) is 4.64. The fourth-order valence-corrected chi connectivity index (χ4v) is 2.17. The maximum Gasteiger partial charge on any atom is 0.226 e. The molecule has 0 saturated heterocycles. The highest BCUT2D eigenvalue weighted by molar-refractivity contribution is 9.10. The van der Waals surface area contributed by atoms with Crippen molar-refractivity contribution in [2.24, 2.45) is 0 Å². The summed E-state index contributed by atoms with van der Waals surface area (Å²) in [6.07, 6.45) is 2.31. The number of hydrogen-bond acceptors (Lipinski definition) is 2. The number of carbonyl (C=O) groups is 2. The Morgan fingerprint density at radius 2 is 1.95 bits per heavy atom. The summed E-state index contributed by atoms with van der Waals surface area (Å²) < 4.78 is 0.850. The van der Waals surface area contributed by atoms with E-state index < -0.39 is 0 Å². The molecule has 0 unspecified atom stereocenters. The van der Waals surface area contributed by atoms with Crippen molar-refractivity contribution < 1.29 is 9.59 Å². The van der Waals surface area contributed by atoms with E-state index in [0.717, 1.165) is 23.0 Å². The summed E-state index contributed by atoms with van der Waals surface area (Å²) in [5.74, 6) is -0.0632. The lowest BCUT2D eigenvalue weighted by atomic mass is 10.2. The van der Waals surface area contributed by atoms with Crippen LogP contribution in [-0.2, 0) is 9.59 Å². The van der Waals surface area contributed by atoms with Crippen LogP contribution in [-0.4, -0.2) is 29.8 Å². The Kier molecular flexibility index (Phi) is 7.30. The maximum absolute atomic E-state index is 11.9. The van der Waals surface area contributed by atoms with Crippen LogP contribution < -0.4 is 5.32 Å². The van der Waals surface area contributed by atoms with Gasteiger partial charge in [-0.2, -0.15) is 0 Å². The smallest absolute Gasteiger partial charge is 0.226 e. The second-order valence-corrected chi connectivity index (χ2v) is 5.49. The molecule has 2 amide bonds. The summed E-state index contributed by atoms with van der Waals surface area (Å²) in [5, 5.41) is 2.84. The van der Waals surface area contributed by atoms with Crippen LogP contribution in [0.25, 0.3) is 0 Å². The molecular formula is C15H21BrN2O2. The summed E-state index contributed by atoms with van der Waals surface area (Å²) in [6.45, 7) is 4.80. The molecule has 0 aliphatic heterocycles. The van der Waals surface area contributed by atoms with Crippen molar-refractivity contribution in [3.8, 4) is 0 Å². The van der Waals surface area contributed by atoms with E-state index >= 15 is 0 Å². The molecule has 0 saturated carbocycles. The third-order valence-electron chi connectivity index (χ3n) is 2.98. The molecule has 0 atom stereocenters. The number of carbonyl (C=O) groups excluding carboxylic acids is 2. The molecule has 0 aromatic heterocycles. The predicted molar refractivity (Wildman–Crippen MR) is 84.6 cm³/mol. The lowest BCUT2D eigenvalue weighted by Gasteiger charge is -2.20. The summed E-state index contributed by atoms with van der Waals surface area (Å²) in [5.41, 5.74) is 0.750. The SMILES string of the molecule is CCCCN(CCC(=O)Nc1ccccc1Br)C(C)=O. The Bertz CT molecular complexity index is 463. The van der Waals surface area contributed by atoms with Crippen LogP contribution in [0.4, 0.5) is 5.69 Å². The van der Waals surface area contributed by atoms with Gasteiger partial charge in [-0.25, -0.2) is 0 Å². The molecule has 110 valence electrons. The molecule has 4 nitrogen and oxygen atoms in total. The van der Waals surface area contributed by atoms with Crippen LogP contribution in [0.5, 0.6) is 0 Å². The first-order valence-corrected chi connectivity index (χ1v) is 7.63. The largest absolute Gasteiger partial charge is 0.342 e. The minimum atomic E-state index is -0.0837. The number of benzene rings is 1. The lowest BCUT2D eigenvalue weighted by molar-refractivity contribution is -0.129. The van der Waals surface area contributed by atoms with Crippen LogP contribution in [0.3, 0.4) is 0 Å². The van der Waals surface area contributed by atoms with Crippen LogP contribution in [0.1, 0.15) is 33.1 Å². The maximum atomic E-state index is 11.9. The van der Waals surface area contributed by atoms with Crippen LogP contribution >= 0.6 is 15.9 Å². The first-order valence-electron chi connectivity index (χ1n) is 6.84. The van der Waals surface area contributed by atoms with E-state index in [1.54, 1.807) is 11.8 Å². The molecule has 0 radical (unpaired) electrons. The molecule has 0 heterocycles. The van der Waals surface area contributed by atoms with E-state index in [4.69, 9.17) is 0 Å². The zero-order valence-electron chi connectivity index (χ0n) is 12.0. The van der Waals surface area contributed by atoms with Crippen molar-refractivity contribution in [2.75, 3.05) is 18.4 Å². The van der Waals surface area contributed by atoms with Gasteiger partial charge < -0.3 is 10.2 Å². The van der Waals surface area contributed by atoms with Crippen LogP contribution in [0.2, 0.25) is 0 Å². The normalized spacial score (nSPS) is 10.2. The van der Waals surface area contributed by atoms with Crippen LogP contribution in [0, 0.1) is 0 Å². The van der Waals surface area contributed by atoms with Gasteiger partial charge in [0.2, 0.25) is 11.8 Å². The number of para-hydroxylation sites is 1. The average Bonchev–Trinajstić information content (AvgIpc) is 2.41. The predicted octanol–water partition coefficient (Wildman–Crippen LogP) is 3.43. The Hall–Kier alpha value is -1.36. The number of halogens is 1. The number of rotatable bonds is 7. The van der Waals surface area contributed by atoms with E-state index in [-0.39, 0.29) is 11.8 Å². The molecule has 0 aliphatic rings. The third kappa shape index (κ3) is 5.74. The topological polar surface area (TPSA) is 49.4 Å². The van der Waals surface area contributed by atoms with Gasteiger partial charge in [-0.05, 0) is 34.5 Å². The van der Waals surface area contributed by atoms with Gasteiger partial charge in [-0.15, -0.1) is 0 Å². The quantitative estimate of drug-likeness (QED) is 0.826. The highest BCUT2D eigenvalue weighted by Gasteiger charge is 2.11. The number of nitrogens with zero attached hydrogens (tertiary/aromatic N) is 1. The zero-order chi connectivity index (χ0) is 15.0. The average molecular weight is 341 g/mol. The van der Waals surface area contributed by atoms with Gasteiger partial charge in [0.1, 0.15) is 0 Å². The van der Waals surface area contributed by atoms with Gasteiger partial charge >= 0.3 is 0 Å². The number of nitrogens with one attached hydrogen (secondary N) is 1. The fraction of sp³-hybridized carbons (Fsp3) is 0.467. The van der Waals surface area contributed by atoms with Crippen molar-refractivity contribution >= 4 is 33.4 Å². The first-order chi connectivity index (χ1) is 9.54. The molecule has 1 rings (SSSR count). The van der Waals surface area contributed by atoms with E-state index in [2.05, 4.69) is 28.2 Å². The summed E-state index contributed by atoms with van der Waals surface area (Å²) in [4.78, 5) is 25.1. The zero-order valence-corrected chi connectivity index (χ0v) is 13.6. The molecule has 20 heavy (non-hydrogen) atoms. The van der Waals surface area contributed by atoms with Crippen molar-refractivity contribution in [2.45, 2.75) is 33.1 Å². The van der Waals surface area contributed by atoms with Crippen LogP contribution in [0.15, 0.2) is 28.7 Å². The lowest BCUT2D eigenvalue weighted by Crippen LogP contribution is -2.32. The van der Waals surface area contributed by atoms with Gasteiger partial charge in [0.05, 0.1) is 5.69 Å². The Balaban J connectivity index is 2.45. The van der Waals surface area contributed by atoms with Gasteiger partial charge in [0.15, 0.2) is 0 Å². The Morgan fingerprint density at radius 3 is 2.55 bits per heavy atom. The summed E-state index contributed by atoms with van der Waals surface area (Å²) in [7, 11) is 0. The molecule has 0 bridgehead atoms. The van der Waals surface area contributed by atoms with E-state index in [9.17, 15) is 9.59 Å². The minimum Gasteiger partial charge on any atom is -0.342 e. The van der Waals surface area contributed by atoms with Gasteiger partial charge in [-0.1, -0.05) is 25.5 Å². The number of anilines is 1. The van der Waals surface area contributed by atoms with Crippen molar-refractivity contribution in [1.82, 2.24) is 4.90 Å². The van der Waals surface area contributed by atoms with Gasteiger partial charge in [0, 0.05) is 30.9 Å². The molecule has 1 aromatic rings. The Morgan fingerprint density at radius 1 is 1.25 bits per heavy atom. The number of amides is 2. The molecule has 1 aromatic carbocycles.